The maximum Gasteiger partial charge on any atom is 0.334 e. The van der Waals surface area contributed by atoms with Gasteiger partial charge in [0.2, 0.25) is 5.78 Å². The molecule has 1 heterocycles. The fourth-order valence-corrected chi connectivity index (χ4v) is 3.56. The monoisotopic (exact) mass is 418 g/mol. The lowest BCUT2D eigenvalue weighted by Gasteiger charge is -2.11. The third-order valence-corrected chi connectivity index (χ3v) is 5.23. The summed E-state index contributed by atoms with van der Waals surface area (Å²) in [6, 6.07) is 19.9. The first-order valence-electron chi connectivity index (χ1n) is 9.48. The van der Waals surface area contributed by atoms with Crippen LogP contribution in [0.4, 0.5) is 0 Å². The molecule has 0 aliphatic carbocycles. The number of alkyl halides is 1. The van der Waals surface area contributed by atoms with Crippen LogP contribution in [0.2, 0.25) is 0 Å². The molecule has 0 saturated heterocycles. The lowest BCUT2D eigenvalue weighted by molar-refractivity contribution is -0.134. The Labute approximate surface area is 179 Å². The van der Waals surface area contributed by atoms with Crippen LogP contribution in [-0.2, 0) is 4.79 Å². The van der Waals surface area contributed by atoms with Gasteiger partial charge in [0.25, 0.3) is 0 Å². The fraction of sp³-hybridized carbons (Fsp3) is 0.120. The number of rotatable bonds is 4. The number of hydrogen-bond acceptors (Lipinski definition) is 4. The summed E-state index contributed by atoms with van der Waals surface area (Å²) >= 11 is 6.24. The minimum Gasteiger partial charge on any atom is -0.452 e. The molecule has 1 atom stereocenters. The highest BCUT2D eigenvalue weighted by Gasteiger charge is 2.30. The minimum absolute atomic E-state index is 0.193. The number of aryl methyl sites for hydroxylation is 2. The number of halogens is 1. The van der Waals surface area contributed by atoms with Crippen molar-refractivity contribution in [3.8, 4) is 11.5 Å². The molecule has 30 heavy (non-hydrogen) atoms. The predicted octanol–water partition coefficient (Wildman–Crippen LogP) is 5.81. The molecule has 0 aromatic heterocycles. The normalized spacial score (nSPS) is 14.9. The van der Waals surface area contributed by atoms with Crippen LogP contribution in [0.3, 0.4) is 0 Å². The van der Waals surface area contributed by atoms with E-state index in [4.69, 9.17) is 21.1 Å². The molecule has 1 aliphatic rings. The number of ether oxygens (including phenoxy) is 2. The van der Waals surface area contributed by atoms with Crippen molar-refractivity contribution in [3.05, 3.63) is 100 Å². The van der Waals surface area contributed by atoms with Crippen molar-refractivity contribution in [2.75, 3.05) is 0 Å². The highest BCUT2D eigenvalue weighted by atomic mass is 35.5. The highest BCUT2D eigenvalue weighted by molar-refractivity contribution is 6.30. The van der Waals surface area contributed by atoms with Crippen LogP contribution in [0.15, 0.2) is 72.5 Å². The van der Waals surface area contributed by atoms with Crippen LogP contribution in [0, 0.1) is 13.8 Å². The number of ketones is 1. The van der Waals surface area contributed by atoms with E-state index in [1.165, 1.54) is 0 Å². The summed E-state index contributed by atoms with van der Waals surface area (Å²) in [5, 5.41) is -0.931. The van der Waals surface area contributed by atoms with E-state index in [0.29, 0.717) is 22.4 Å². The molecule has 4 nitrogen and oxygen atoms in total. The third-order valence-electron chi connectivity index (χ3n) is 4.80. The number of esters is 1. The zero-order valence-corrected chi connectivity index (χ0v) is 17.3. The number of carbonyl (C=O) groups is 2. The zero-order valence-electron chi connectivity index (χ0n) is 16.5. The topological polar surface area (TPSA) is 52.6 Å². The quantitative estimate of drug-likeness (QED) is 0.232. The number of benzene rings is 3. The van der Waals surface area contributed by atoms with Gasteiger partial charge in [-0.1, -0.05) is 60.2 Å². The van der Waals surface area contributed by atoms with Gasteiger partial charge in [-0.15, -0.1) is 11.6 Å². The Hall–Kier alpha value is -3.37. The van der Waals surface area contributed by atoms with Crippen molar-refractivity contribution in [2.24, 2.45) is 0 Å². The second-order valence-corrected chi connectivity index (χ2v) is 7.60. The molecular weight excluding hydrogens is 400 g/mol. The van der Waals surface area contributed by atoms with Gasteiger partial charge in [0.15, 0.2) is 11.1 Å². The number of carbonyl (C=O) groups excluding carboxylic acids is 2. The lowest BCUT2D eigenvalue weighted by atomic mass is 10.0. The van der Waals surface area contributed by atoms with Crippen molar-refractivity contribution >= 4 is 29.4 Å². The Morgan fingerprint density at radius 2 is 1.80 bits per heavy atom. The molecule has 5 heteroatoms. The molecule has 4 rings (SSSR count). The minimum atomic E-state index is -0.931. The standard InChI is InChI=1S/C25H19ClO4/c1-15-7-6-8-17(11-15)13-21-24(27)22-16(2)12-19(14-20(22)30-21)29-25(28)23(26)18-9-4-3-5-10-18/h3-14,23H,1-2H3/b21-13-. The zero-order chi connectivity index (χ0) is 21.3. The van der Waals surface area contributed by atoms with E-state index in [-0.39, 0.29) is 17.3 Å². The SMILES string of the molecule is Cc1cccc(/C=C2\Oc3cc(OC(=O)C(Cl)c4ccccc4)cc(C)c3C2=O)c1. The predicted molar refractivity (Wildman–Crippen MR) is 116 cm³/mol. The lowest BCUT2D eigenvalue weighted by Crippen LogP contribution is -2.14. The van der Waals surface area contributed by atoms with Crippen LogP contribution in [-0.4, -0.2) is 11.8 Å². The van der Waals surface area contributed by atoms with E-state index in [1.807, 2.05) is 37.3 Å². The molecule has 0 saturated carbocycles. The van der Waals surface area contributed by atoms with Crippen molar-refractivity contribution in [1.29, 1.82) is 0 Å². The van der Waals surface area contributed by atoms with E-state index < -0.39 is 11.3 Å². The molecular formula is C25H19ClO4. The molecule has 0 N–H and O–H groups in total. The largest absolute Gasteiger partial charge is 0.452 e. The van der Waals surface area contributed by atoms with Gasteiger partial charge in [0.05, 0.1) is 5.56 Å². The summed E-state index contributed by atoms with van der Waals surface area (Å²) in [6.07, 6.45) is 1.71. The smallest absolute Gasteiger partial charge is 0.334 e. The first kappa shape index (κ1) is 19.9. The van der Waals surface area contributed by atoms with Crippen LogP contribution >= 0.6 is 11.6 Å². The van der Waals surface area contributed by atoms with Gasteiger partial charge in [-0.2, -0.15) is 0 Å². The molecule has 0 bridgehead atoms. The Morgan fingerprint density at radius 1 is 1.03 bits per heavy atom. The second-order valence-electron chi connectivity index (χ2n) is 7.16. The summed E-state index contributed by atoms with van der Waals surface area (Å²) in [6.45, 7) is 3.76. The first-order chi connectivity index (χ1) is 14.4. The van der Waals surface area contributed by atoms with Crippen LogP contribution in [0.25, 0.3) is 6.08 Å². The summed E-state index contributed by atoms with van der Waals surface area (Å²) in [5.41, 5.74) is 3.75. The van der Waals surface area contributed by atoms with Crippen LogP contribution in [0.1, 0.15) is 38.0 Å². The maximum absolute atomic E-state index is 12.8. The summed E-state index contributed by atoms with van der Waals surface area (Å²) in [7, 11) is 0. The van der Waals surface area contributed by atoms with E-state index >= 15 is 0 Å². The molecule has 150 valence electrons. The van der Waals surface area contributed by atoms with Gasteiger partial charge >= 0.3 is 5.97 Å². The second kappa shape index (κ2) is 8.17. The average molecular weight is 419 g/mol. The highest BCUT2D eigenvalue weighted by Crippen LogP contribution is 2.38. The van der Waals surface area contributed by atoms with E-state index in [0.717, 1.165) is 11.1 Å². The van der Waals surface area contributed by atoms with Gasteiger partial charge in [0.1, 0.15) is 11.5 Å². The molecule has 0 fully saturated rings. The van der Waals surface area contributed by atoms with Gasteiger partial charge in [-0.25, -0.2) is 4.79 Å². The summed E-state index contributed by atoms with van der Waals surface area (Å²) < 4.78 is 11.3. The fourth-order valence-electron chi connectivity index (χ4n) is 3.37. The van der Waals surface area contributed by atoms with E-state index in [1.54, 1.807) is 49.4 Å². The van der Waals surface area contributed by atoms with E-state index in [2.05, 4.69) is 0 Å². The van der Waals surface area contributed by atoms with Gasteiger partial charge in [-0.05, 0) is 42.7 Å². The molecule has 0 radical (unpaired) electrons. The summed E-state index contributed by atoms with van der Waals surface area (Å²) in [4.78, 5) is 25.3. The van der Waals surface area contributed by atoms with Crippen molar-refractivity contribution in [1.82, 2.24) is 0 Å². The first-order valence-corrected chi connectivity index (χ1v) is 9.92. The average Bonchev–Trinajstić information content (AvgIpc) is 3.03. The molecule has 1 unspecified atom stereocenters. The molecule has 1 aliphatic heterocycles. The Bertz CT molecular complexity index is 1170. The Balaban J connectivity index is 1.57. The Morgan fingerprint density at radius 3 is 2.53 bits per heavy atom. The summed E-state index contributed by atoms with van der Waals surface area (Å²) in [5.74, 6) is 0.0973. The van der Waals surface area contributed by atoms with Crippen LogP contribution in [0.5, 0.6) is 11.5 Å². The molecule has 0 spiro atoms. The third kappa shape index (κ3) is 4.00. The number of allylic oxidation sites excluding steroid dienone is 1. The van der Waals surface area contributed by atoms with Crippen LogP contribution < -0.4 is 9.47 Å². The maximum atomic E-state index is 12.8. The number of hydrogen-bond donors (Lipinski definition) is 0. The van der Waals surface area contributed by atoms with Crippen molar-refractivity contribution in [3.63, 3.8) is 0 Å². The number of fused-ring (bicyclic) bond motifs is 1. The Kier molecular flexibility index (Phi) is 5.42. The van der Waals surface area contributed by atoms with Gasteiger partial charge < -0.3 is 9.47 Å². The van der Waals surface area contributed by atoms with Crippen molar-refractivity contribution < 1.29 is 19.1 Å². The van der Waals surface area contributed by atoms with Gasteiger partial charge in [-0.3, -0.25) is 4.79 Å². The van der Waals surface area contributed by atoms with E-state index in [9.17, 15) is 9.59 Å². The molecule has 0 amide bonds. The molecule has 3 aromatic rings. The number of Topliss-reactive ketones (excluding diaryl/α,β-unsaturated/α-hetero) is 1. The molecule has 3 aromatic carbocycles. The van der Waals surface area contributed by atoms with Crippen molar-refractivity contribution in [2.45, 2.75) is 19.2 Å². The van der Waals surface area contributed by atoms with Gasteiger partial charge in [0, 0.05) is 6.07 Å².